The van der Waals surface area contributed by atoms with Crippen LogP contribution in [0, 0.1) is 12.3 Å². The second-order valence-electron chi connectivity index (χ2n) is 5.28. The lowest BCUT2D eigenvalue weighted by atomic mass is 9.98. The standard InChI is InChI=1S/C15H20BrClO3/c1-3-5-6-10(17)15(18)14-8-13-12(20-13)7-9(16)11(4-2)19-14/h1,5-6,9-15,18H,4,7-8H2,2H3. The largest absolute Gasteiger partial charge is 0.389 e. The van der Waals surface area contributed by atoms with Gasteiger partial charge in [0.25, 0.3) is 0 Å². The van der Waals surface area contributed by atoms with Crippen LogP contribution in [0.25, 0.3) is 0 Å². The van der Waals surface area contributed by atoms with E-state index in [4.69, 9.17) is 27.5 Å². The molecule has 0 aromatic rings. The number of ether oxygens (including phenoxy) is 2. The summed E-state index contributed by atoms with van der Waals surface area (Å²) in [6.07, 6.45) is 10.2. The van der Waals surface area contributed by atoms with E-state index in [0.717, 1.165) is 12.8 Å². The number of aliphatic hydroxyl groups is 1. The molecule has 2 heterocycles. The molecule has 2 rings (SSSR count). The molecule has 0 radical (unpaired) electrons. The molecule has 7 unspecified atom stereocenters. The van der Waals surface area contributed by atoms with Crippen molar-refractivity contribution in [1.29, 1.82) is 0 Å². The van der Waals surface area contributed by atoms with Crippen LogP contribution in [0.4, 0.5) is 0 Å². The van der Waals surface area contributed by atoms with E-state index in [1.165, 1.54) is 6.08 Å². The molecule has 2 aliphatic heterocycles. The highest BCUT2D eigenvalue weighted by atomic mass is 79.9. The van der Waals surface area contributed by atoms with Gasteiger partial charge in [0.15, 0.2) is 0 Å². The Labute approximate surface area is 133 Å². The van der Waals surface area contributed by atoms with Crippen LogP contribution < -0.4 is 0 Å². The minimum absolute atomic E-state index is 0.0558. The minimum atomic E-state index is -0.794. The Morgan fingerprint density at radius 2 is 2.15 bits per heavy atom. The van der Waals surface area contributed by atoms with Gasteiger partial charge in [-0.25, -0.2) is 0 Å². The van der Waals surface area contributed by atoms with Crippen LogP contribution >= 0.6 is 27.5 Å². The van der Waals surface area contributed by atoms with Crippen molar-refractivity contribution >= 4 is 27.5 Å². The first-order valence-corrected chi connectivity index (χ1v) is 8.32. The van der Waals surface area contributed by atoms with Crippen LogP contribution in [0.3, 0.4) is 0 Å². The number of hydrogen-bond donors (Lipinski definition) is 1. The summed E-state index contributed by atoms with van der Waals surface area (Å²) < 4.78 is 11.7. The maximum Gasteiger partial charge on any atom is 0.100 e. The van der Waals surface area contributed by atoms with Gasteiger partial charge in [0.2, 0.25) is 0 Å². The summed E-state index contributed by atoms with van der Waals surface area (Å²) in [6, 6.07) is 0. The molecule has 0 aromatic heterocycles. The number of allylic oxidation sites excluding steroid dienone is 1. The number of hydrogen-bond acceptors (Lipinski definition) is 3. The monoisotopic (exact) mass is 362 g/mol. The van der Waals surface area contributed by atoms with E-state index in [2.05, 4.69) is 28.8 Å². The number of fused-ring (bicyclic) bond motifs is 1. The highest BCUT2D eigenvalue weighted by Gasteiger charge is 2.47. The topological polar surface area (TPSA) is 42.0 Å². The van der Waals surface area contributed by atoms with Gasteiger partial charge in [-0.2, -0.15) is 0 Å². The summed E-state index contributed by atoms with van der Waals surface area (Å²) in [7, 11) is 0. The van der Waals surface area contributed by atoms with Gasteiger partial charge in [0.1, 0.15) is 6.10 Å². The zero-order valence-corrected chi connectivity index (χ0v) is 13.8. The smallest absolute Gasteiger partial charge is 0.100 e. The van der Waals surface area contributed by atoms with Gasteiger partial charge in [-0.15, -0.1) is 18.0 Å². The van der Waals surface area contributed by atoms with E-state index < -0.39 is 11.5 Å². The average Bonchev–Trinajstić information content (AvgIpc) is 3.14. The van der Waals surface area contributed by atoms with Crippen molar-refractivity contribution in [2.45, 2.75) is 66.9 Å². The molecule has 20 heavy (non-hydrogen) atoms. The Hall–Kier alpha value is -0.0500. The highest BCUT2D eigenvalue weighted by Crippen LogP contribution is 2.38. The molecule has 0 amide bonds. The van der Waals surface area contributed by atoms with Gasteiger partial charge in [-0.05, 0) is 18.9 Å². The summed E-state index contributed by atoms with van der Waals surface area (Å²) in [4.78, 5) is 0.243. The Bertz CT molecular complexity index is 395. The number of alkyl halides is 2. The highest BCUT2D eigenvalue weighted by molar-refractivity contribution is 9.09. The van der Waals surface area contributed by atoms with Crippen molar-refractivity contribution in [3.05, 3.63) is 12.2 Å². The van der Waals surface area contributed by atoms with Gasteiger partial charge >= 0.3 is 0 Å². The van der Waals surface area contributed by atoms with Crippen molar-refractivity contribution < 1.29 is 14.6 Å². The van der Waals surface area contributed by atoms with Crippen LogP contribution in [0.1, 0.15) is 26.2 Å². The van der Waals surface area contributed by atoms with E-state index in [1.54, 1.807) is 6.08 Å². The molecule has 2 fully saturated rings. The molecule has 0 aromatic carbocycles. The molecule has 0 saturated carbocycles. The molecular formula is C15H20BrClO3. The fraction of sp³-hybridized carbons (Fsp3) is 0.733. The third-order valence-corrected chi connectivity index (χ3v) is 5.22. The quantitative estimate of drug-likeness (QED) is 0.474. The molecule has 112 valence electrons. The predicted molar refractivity (Wildman–Crippen MR) is 83.2 cm³/mol. The van der Waals surface area contributed by atoms with Gasteiger partial charge < -0.3 is 14.6 Å². The minimum Gasteiger partial charge on any atom is -0.389 e. The maximum atomic E-state index is 10.4. The SMILES string of the molecule is C#CC=CC(Cl)C(O)C1CC2OC2CC(Br)C(CC)O1. The van der Waals surface area contributed by atoms with Gasteiger partial charge in [-0.1, -0.05) is 34.9 Å². The first-order chi connectivity index (χ1) is 9.56. The summed E-state index contributed by atoms with van der Waals surface area (Å²) in [6.45, 7) is 2.08. The van der Waals surface area contributed by atoms with Crippen molar-refractivity contribution in [2.24, 2.45) is 0 Å². The van der Waals surface area contributed by atoms with E-state index in [1.807, 2.05) is 0 Å². The fourth-order valence-electron chi connectivity index (χ4n) is 2.60. The summed E-state index contributed by atoms with van der Waals surface area (Å²) >= 11 is 9.82. The van der Waals surface area contributed by atoms with E-state index in [0.29, 0.717) is 6.42 Å². The normalized spacial score (nSPS) is 40.2. The molecule has 1 N–H and O–H groups in total. The van der Waals surface area contributed by atoms with Gasteiger partial charge in [0.05, 0.1) is 29.8 Å². The Balaban J connectivity index is 2.04. The molecule has 2 aliphatic rings. The summed E-state index contributed by atoms with van der Waals surface area (Å²) in [5.74, 6) is 2.37. The Morgan fingerprint density at radius 1 is 1.45 bits per heavy atom. The Kier molecular flexibility index (Phi) is 5.95. The second-order valence-corrected chi connectivity index (χ2v) is 6.96. The van der Waals surface area contributed by atoms with Gasteiger partial charge in [-0.3, -0.25) is 0 Å². The Morgan fingerprint density at radius 3 is 2.80 bits per heavy atom. The molecule has 0 aliphatic carbocycles. The lowest BCUT2D eigenvalue weighted by Gasteiger charge is -2.32. The summed E-state index contributed by atoms with van der Waals surface area (Å²) in [5, 5.41) is 9.82. The maximum absolute atomic E-state index is 10.4. The van der Waals surface area contributed by atoms with Crippen molar-refractivity contribution in [2.75, 3.05) is 0 Å². The van der Waals surface area contributed by atoms with E-state index in [9.17, 15) is 5.11 Å². The average molecular weight is 364 g/mol. The molecule has 5 heteroatoms. The third-order valence-electron chi connectivity index (χ3n) is 3.85. The predicted octanol–water partition coefficient (Wildman–Crippen LogP) is 2.63. The first-order valence-electron chi connectivity index (χ1n) is 6.96. The van der Waals surface area contributed by atoms with Gasteiger partial charge in [0, 0.05) is 11.2 Å². The third kappa shape index (κ3) is 3.99. The lowest BCUT2D eigenvalue weighted by Crippen LogP contribution is -2.42. The molecule has 0 spiro atoms. The summed E-state index contributed by atoms with van der Waals surface area (Å²) in [5.41, 5.74) is 0. The van der Waals surface area contributed by atoms with Crippen molar-refractivity contribution in [1.82, 2.24) is 0 Å². The molecule has 3 nitrogen and oxygen atoms in total. The van der Waals surface area contributed by atoms with Crippen LogP contribution in [0.5, 0.6) is 0 Å². The second kappa shape index (κ2) is 7.29. The molecule has 7 atom stereocenters. The van der Waals surface area contributed by atoms with Crippen molar-refractivity contribution in [3.63, 3.8) is 0 Å². The zero-order chi connectivity index (χ0) is 14.7. The van der Waals surface area contributed by atoms with E-state index >= 15 is 0 Å². The van der Waals surface area contributed by atoms with Crippen LogP contribution in [0.15, 0.2) is 12.2 Å². The first kappa shape index (κ1) is 16.3. The number of aliphatic hydroxyl groups excluding tert-OH is 1. The van der Waals surface area contributed by atoms with Crippen LogP contribution in [-0.2, 0) is 9.47 Å². The van der Waals surface area contributed by atoms with Crippen LogP contribution in [-0.4, -0.2) is 45.8 Å². The molecule has 0 bridgehead atoms. The molecular weight excluding hydrogens is 344 g/mol. The van der Waals surface area contributed by atoms with Crippen molar-refractivity contribution in [3.8, 4) is 12.3 Å². The number of rotatable bonds is 4. The lowest BCUT2D eigenvalue weighted by molar-refractivity contribution is -0.0828. The zero-order valence-electron chi connectivity index (χ0n) is 11.4. The fourth-order valence-corrected chi connectivity index (χ4v) is 3.70. The number of terminal acetylenes is 1. The van der Waals surface area contributed by atoms with E-state index in [-0.39, 0.29) is 29.2 Å². The molecule has 2 saturated heterocycles. The number of epoxide rings is 1. The number of halogens is 2. The van der Waals surface area contributed by atoms with Crippen LogP contribution in [0.2, 0.25) is 0 Å².